The summed E-state index contributed by atoms with van der Waals surface area (Å²) in [5, 5.41) is 11.2. The minimum Gasteiger partial charge on any atom is -0.396 e. The Labute approximate surface area is 101 Å². The second-order valence-electron chi connectivity index (χ2n) is 3.58. The summed E-state index contributed by atoms with van der Waals surface area (Å²) in [4.78, 5) is 11.4. The van der Waals surface area contributed by atoms with Crippen molar-refractivity contribution in [3.63, 3.8) is 0 Å². The molecule has 1 aromatic carbocycles. The molecule has 4 N–H and O–H groups in total. The smallest absolute Gasteiger partial charge is 0.250 e. The minimum atomic E-state index is -0.211. The zero-order valence-electron chi connectivity index (χ0n) is 9.69. The van der Waals surface area contributed by atoms with Crippen molar-refractivity contribution in [1.82, 2.24) is 0 Å². The Kier molecular flexibility index (Phi) is 6.24. The average Bonchev–Trinajstić information content (AvgIpc) is 2.35. The normalized spacial score (nSPS) is 10.2. The number of rotatable bonds is 7. The van der Waals surface area contributed by atoms with Gasteiger partial charge >= 0.3 is 0 Å². The topological polar surface area (TPSA) is 84.6 Å². The van der Waals surface area contributed by atoms with Gasteiger partial charge in [-0.05, 0) is 24.1 Å². The highest BCUT2D eigenvalue weighted by atomic mass is 16.5. The summed E-state index contributed by atoms with van der Waals surface area (Å²) in [6.07, 6.45) is 0.538. The van der Waals surface area contributed by atoms with E-state index in [4.69, 9.17) is 15.6 Å². The SMILES string of the molecule is NCc1cccc(NC(=O)COCCCO)c1. The van der Waals surface area contributed by atoms with Crippen molar-refractivity contribution < 1.29 is 14.6 Å². The lowest BCUT2D eigenvalue weighted by atomic mass is 10.2. The summed E-state index contributed by atoms with van der Waals surface area (Å²) in [7, 11) is 0. The van der Waals surface area contributed by atoms with Crippen LogP contribution in [-0.4, -0.2) is 30.8 Å². The first-order valence-electron chi connectivity index (χ1n) is 5.53. The number of ether oxygens (including phenoxy) is 1. The van der Waals surface area contributed by atoms with Crippen molar-refractivity contribution in [2.45, 2.75) is 13.0 Å². The lowest BCUT2D eigenvalue weighted by Crippen LogP contribution is -2.19. The van der Waals surface area contributed by atoms with E-state index in [-0.39, 0.29) is 19.1 Å². The number of nitrogens with one attached hydrogen (secondary N) is 1. The van der Waals surface area contributed by atoms with E-state index in [9.17, 15) is 4.79 Å². The average molecular weight is 238 g/mol. The molecule has 1 rings (SSSR count). The molecule has 0 radical (unpaired) electrons. The number of hydrogen-bond donors (Lipinski definition) is 3. The predicted molar refractivity (Wildman–Crippen MR) is 65.5 cm³/mol. The number of carbonyl (C=O) groups is 1. The van der Waals surface area contributed by atoms with Gasteiger partial charge in [0.2, 0.25) is 5.91 Å². The summed E-state index contributed by atoms with van der Waals surface area (Å²) in [6.45, 7) is 0.885. The van der Waals surface area contributed by atoms with Crippen LogP contribution in [0, 0.1) is 0 Å². The lowest BCUT2D eigenvalue weighted by molar-refractivity contribution is -0.120. The fourth-order valence-corrected chi connectivity index (χ4v) is 1.30. The van der Waals surface area contributed by atoms with E-state index in [1.165, 1.54) is 0 Å². The number of aliphatic hydroxyl groups excluding tert-OH is 1. The number of anilines is 1. The third-order valence-electron chi connectivity index (χ3n) is 2.13. The number of aliphatic hydroxyl groups is 1. The Bertz CT molecular complexity index is 355. The third-order valence-corrected chi connectivity index (χ3v) is 2.13. The summed E-state index contributed by atoms with van der Waals surface area (Å²) in [5.41, 5.74) is 7.18. The van der Waals surface area contributed by atoms with E-state index >= 15 is 0 Å². The molecular formula is C12H18N2O3. The molecule has 17 heavy (non-hydrogen) atoms. The van der Waals surface area contributed by atoms with E-state index < -0.39 is 0 Å². The van der Waals surface area contributed by atoms with E-state index in [2.05, 4.69) is 5.32 Å². The van der Waals surface area contributed by atoms with Crippen molar-refractivity contribution in [3.8, 4) is 0 Å². The van der Waals surface area contributed by atoms with Gasteiger partial charge in [-0.2, -0.15) is 0 Å². The minimum absolute atomic E-state index is 0.00709. The largest absolute Gasteiger partial charge is 0.396 e. The second-order valence-corrected chi connectivity index (χ2v) is 3.58. The third kappa shape index (κ3) is 5.44. The molecule has 0 saturated heterocycles. The molecule has 0 aromatic heterocycles. The van der Waals surface area contributed by atoms with E-state index in [0.717, 1.165) is 5.56 Å². The molecular weight excluding hydrogens is 220 g/mol. The zero-order valence-corrected chi connectivity index (χ0v) is 9.69. The Hall–Kier alpha value is -1.43. The molecule has 0 unspecified atom stereocenters. The molecule has 0 aliphatic carbocycles. The molecule has 5 heteroatoms. The molecule has 94 valence electrons. The predicted octanol–water partition coefficient (Wildman–Crippen LogP) is 0.483. The lowest BCUT2D eigenvalue weighted by Gasteiger charge is -2.07. The molecule has 0 aliphatic heterocycles. The zero-order chi connectivity index (χ0) is 12.5. The van der Waals surface area contributed by atoms with Crippen LogP contribution in [0.5, 0.6) is 0 Å². The van der Waals surface area contributed by atoms with Gasteiger partial charge in [0, 0.05) is 25.4 Å². The maximum absolute atomic E-state index is 11.4. The van der Waals surface area contributed by atoms with Crippen LogP contribution in [0.15, 0.2) is 24.3 Å². The molecule has 1 amide bonds. The first-order chi connectivity index (χ1) is 8.26. The quantitative estimate of drug-likeness (QED) is 0.603. The number of hydrogen-bond acceptors (Lipinski definition) is 4. The maximum Gasteiger partial charge on any atom is 0.250 e. The molecule has 0 bridgehead atoms. The number of nitrogens with two attached hydrogens (primary N) is 1. The summed E-state index contributed by atoms with van der Waals surface area (Å²) < 4.78 is 5.07. The highest BCUT2D eigenvalue weighted by Gasteiger charge is 2.02. The second kappa shape index (κ2) is 7.78. The van der Waals surface area contributed by atoms with Gasteiger partial charge in [0.1, 0.15) is 6.61 Å². The molecule has 0 aliphatic rings. The Morgan fingerprint density at radius 2 is 2.29 bits per heavy atom. The van der Waals surface area contributed by atoms with Crippen molar-refractivity contribution >= 4 is 11.6 Å². The molecule has 0 spiro atoms. The van der Waals surface area contributed by atoms with Crippen LogP contribution >= 0.6 is 0 Å². The van der Waals surface area contributed by atoms with Crippen molar-refractivity contribution in [1.29, 1.82) is 0 Å². The van der Waals surface area contributed by atoms with Crippen molar-refractivity contribution in [3.05, 3.63) is 29.8 Å². The molecule has 0 saturated carbocycles. The van der Waals surface area contributed by atoms with Gasteiger partial charge in [0.25, 0.3) is 0 Å². The number of amides is 1. The Morgan fingerprint density at radius 3 is 3.00 bits per heavy atom. The van der Waals surface area contributed by atoms with Crippen LogP contribution in [0.4, 0.5) is 5.69 Å². The Morgan fingerprint density at radius 1 is 1.47 bits per heavy atom. The van der Waals surface area contributed by atoms with Gasteiger partial charge in [-0.1, -0.05) is 12.1 Å². The van der Waals surface area contributed by atoms with Crippen LogP contribution < -0.4 is 11.1 Å². The van der Waals surface area contributed by atoms with Crippen LogP contribution in [-0.2, 0) is 16.1 Å². The van der Waals surface area contributed by atoms with Gasteiger partial charge in [-0.3, -0.25) is 4.79 Å². The monoisotopic (exact) mass is 238 g/mol. The number of benzene rings is 1. The van der Waals surface area contributed by atoms with Crippen molar-refractivity contribution in [2.75, 3.05) is 25.1 Å². The molecule has 0 atom stereocenters. The van der Waals surface area contributed by atoms with E-state index in [1.807, 2.05) is 18.2 Å². The fourth-order valence-electron chi connectivity index (χ4n) is 1.30. The highest BCUT2D eigenvalue weighted by Crippen LogP contribution is 2.09. The molecule has 0 fully saturated rings. The Balaban J connectivity index is 2.34. The first-order valence-corrected chi connectivity index (χ1v) is 5.53. The van der Waals surface area contributed by atoms with Gasteiger partial charge in [-0.15, -0.1) is 0 Å². The van der Waals surface area contributed by atoms with Gasteiger partial charge in [-0.25, -0.2) is 0 Å². The van der Waals surface area contributed by atoms with E-state index in [0.29, 0.717) is 25.3 Å². The van der Waals surface area contributed by atoms with Crippen LogP contribution in [0.2, 0.25) is 0 Å². The fraction of sp³-hybridized carbons (Fsp3) is 0.417. The van der Waals surface area contributed by atoms with Gasteiger partial charge in [0.15, 0.2) is 0 Å². The first kappa shape index (κ1) is 13.6. The summed E-state index contributed by atoms with van der Waals surface area (Å²) in [5.74, 6) is -0.211. The molecule has 1 aromatic rings. The van der Waals surface area contributed by atoms with Crippen molar-refractivity contribution in [2.24, 2.45) is 5.73 Å². The molecule has 0 heterocycles. The highest BCUT2D eigenvalue weighted by molar-refractivity contribution is 5.91. The van der Waals surface area contributed by atoms with Gasteiger partial charge < -0.3 is 20.9 Å². The number of carbonyl (C=O) groups excluding carboxylic acids is 1. The van der Waals surface area contributed by atoms with E-state index in [1.54, 1.807) is 6.07 Å². The molecule has 5 nitrogen and oxygen atoms in total. The maximum atomic E-state index is 11.4. The van der Waals surface area contributed by atoms with Crippen LogP contribution in [0.25, 0.3) is 0 Å². The van der Waals surface area contributed by atoms with Gasteiger partial charge in [0.05, 0.1) is 0 Å². The summed E-state index contributed by atoms with van der Waals surface area (Å²) >= 11 is 0. The van der Waals surface area contributed by atoms with Crippen LogP contribution in [0.3, 0.4) is 0 Å². The summed E-state index contributed by atoms with van der Waals surface area (Å²) in [6, 6.07) is 7.36. The standard InChI is InChI=1S/C12H18N2O3/c13-8-10-3-1-4-11(7-10)14-12(16)9-17-6-2-5-15/h1,3-4,7,15H,2,5-6,8-9,13H2,(H,14,16). The van der Waals surface area contributed by atoms with Crippen LogP contribution in [0.1, 0.15) is 12.0 Å².